The van der Waals surface area contributed by atoms with Crippen molar-refractivity contribution in [2.24, 2.45) is 5.92 Å². The molecule has 7 heteroatoms. The van der Waals surface area contributed by atoms with Crippen LogP contribution < -0.4 is 5.32 Å². The molecule has 170 valence electrons. The van der Waals surface area contributed by atoms with Crippen LogP contribution in [0.2, 0.25) is 0 Å². The number of ether oxygens (including phenoxy) is 1. The van der Waals surface area contributed by atoms with Crippen LogP contribution in [0.5, 0.6) is 0 Å². The third-order valence-corrected chi connectivity index (χ3v) is 5.69. The van der Waals surface area contributed by atoms with E-state index >= 15 is 0 Å². The smallest absolute Gasteiger partial charge is 0.416 e. The fourth-order valence-electron chi connectivity index (χ4n) is 3.92. The van der Waals surface area contributed by atoms with Crippen molar-refractivity contribution in [3.8, 4) is 0 Å². The van der Waals surface area contributed by atoms with Gasteiger partial charge in [0.2, 0.25) is 0 Å². The minimum absolute atomic E-state index is 0.205. The van der Waals surface area contributed by atoms with Crippen LogP contribution in [-0.4, -0.2) is 25.7 Å². The van der Waals surface area contributed by atoms with Crippen LogP contribution in [0.25, 0.3) is 0 Å². The Morgan fingerprint density at radius 3 is 2.37 bits per heavy atom. The van der Waals surface area contributed by atoms with Gasteiger partial charge in [0.1, 0.15) is 5.82 Å². The number of nitrogens with one attached hydrogen (secondary N) is 1. The Balaban J connectivity index is 1.74. The first-order chi connectivity index (χ1) is 14.3. The molecule has 1 aromatic rings. The van der Waals surface area contributed by atoms with Crippen molar-refractivity contribution >= 4 is 5.97 Å². The van der Waals surface area contributed by atoms with E-state index in [9.17, 15) is 22.4 Å². The van der Waals surface area contributed by atoms with E-state index in [2.05, 4.69) is 12.2 Å². The Morgan fingerprint density at radius 2 is 1.73 bits per heavy atom. The van der Waals surface area contributed by atoms with Crippen molar-refractivity contribution in [2.45, 2.75) is 76.8 Å². The van der Waals surface area contributed by atoms with Crippen molar-refractivity contribution in [1.29, 1.82) is 0 Å². The second-order valence-corrected chi connectivity index (χ2v) is 8.16. The number of halogens is 4. The summed E-state index contributed by atoms with van der Waals surface area (Å²) >= 11 is 0. The Hall–Kier alpha value is -1.63. The van der Waals surface area contributed by atoms with Crippen LogP contribution in [0, 0.1) is 11.7 Å². The Kier molecular flexibility index (Phi) is 10.1. The fraction of sp³-hybridized carbons (Fsp3) is 0.696. The summed E-state index contributed by atoms with van der Waals surface area (Å²) in [5.41, 5.74) is -0.801. The molecule has 1 saturated heterocycles. The van der Waals surface area contributed by atoms with E-state index in [1.54, 1.807) is 0 Å². The summed E-state index contributed by atoms with van der Waals surface area (Å²) in [6.45, 7) is 3.43. The largest absolute Gasteiger partial charge is 0.465 e. The lowest BCUT2D eigenvalue weighted by molar-refractivity contribution is -0.149. The minimum atomic E-state index is -4.58. The van der Waals surface area contributed by atoms with Crippen molar-refractivity contribution in [3.63, 3.8) is 0 Å². The normalized spacial score (nSPS) is 19.6. The summed E-state index contributed by atoms with van der Waals surface area (Å²) in [4.78, 5) is 12.3. The summed E-state index contributed by atoms with van der Waals surface area (Å²) in [6.07, 6.45) is 5.05. The molecule has 3 nitrogen and oxygen atoms in total. The summed E-state index contributed by atoms with van der Waals surface area (Å²) in [6, 6.07) is 2.60. The summed E-state index contributed by atoms with van der Waals surface area (Å²) in [7, 11) is 0. The van der Waals surface area contributed by atoms with Crippen LogP contribution in [0.15, 0.2) is 18.2 Å². The molecule has 1 N–H and O–H groups in total. The number of piperidine rings is 1. The summed E-state index contributed by atoms with van der Waals surface area (Å²) < 4.78 is 57.9. The lowest BCUT2D eigenvalue weighted by atomic mass is 9.85. The number of rotatable bonds is 11. The first kappa shape index (κ1) is 24.6. The minimum Gasteiger partial charge on any atom is -0.465 e. The highest BCUT2D eigenvalue weighted by atomic mass is 19.4. The zero-order chi connectivity index (χ0) is 22.0. The van der Waals surface area contributed by atoms with Crippen LogP contribution in [0.4, 0.5) is 17.6 Å². The number of carbonyl (C=O) groups is 1. The Bertz CT molecular complexity index is 663. The number of carbonyl (C=O) groups excluding carboxylic acids is 1. The number of hydrogen-bond donors (Lipinski definition) is 1. The number of alkyl halides is 3. The van der Waals surface area contributed by atoms with Gasteiger partial charge in [-0.25, -0.2) is 4.39 Å². The van der Waals surface area contributed by atoms with Gasteiger partial charge in [-0.15, -0.1) is 0 Å². The molecule has 0 amide bonds. The van der Waals surface area contributed by atoms with E-state index < -0.39 is 23.5 Å². The second kappa shape index (κ2) is 12.3. The highest BCUT2D eigenvalue weighted by Crippen LogP contribution is 2.34. The van der Waals surface area contributed by atoms with Gasteiger partial charge in [0.25, 0.3) is 0 Å². The lowest BCUT2D eigenvalue weighted by Crippen LogP contribution is -2.39. The molecule has 1 heterocycles. The van der Waals surface area contributed by atoms with Crippen LogP contribution in [0.1, 0.15) is 81.8 Å². The van der Waals surface area contributed by atoms with Crippen molar-refractivity contribution in [3.05, 3.63) is 35.1 Å². The Morgan fingerprint density at radius 1 is 1.07 bits per heavy atom. The lowest BCUT2D eigenvalue weighted by Gasteiger charge is -2.29. The van der Waals surface area contributed by atoms with Gasteiger partial charge in [0, 0.05) is 19.0 Å². The molecule has 0 aromatic heterocycles. The Labute approximate surface area is 176 Å². The molecule has 1 fully saturated rings. The quantitative estimate of drug-likeness (QED) is 0.257. The average Bonchev–Trinajstić information content (AvgIpc) is 2.71. The van der Waals surface area contributed by atoms with E-state index in [0.29, 0.717) is 32.2 Å². The molecule has 2 unspecified atom stereocenters. The van der Waals surface area contributed by atoms with Gasteiger partial charge in [-0.3, -0.25) is 4.79 Å². The van der Waals surface area contributed by atoms with Gasteiger partial charge >= 0.3 is 12.1 Å². The maximum Gasteiger partial charge on any atom is 0.416 e. The molecule has 2 rings (SSSR count). The summed E-state index contributed by atoms with van der Waals surface area (Å²) in [5, 5.41) is 3.08. The highest BCUT2D eigenvalue weighted by Gasteiger charge is 2.34. The fourth-order valence-corrected chi connectivity index (χ4v) is 3.92. The van der Waals surface area contributed by atoms with Crippen LogP contribution >= 0.6 is 0 Å². The first-order valence-electron chi connectivity index (χ1n) is 11.1. The monoisotopic (exact) mass is 431 g/mol. The molecule has 1 aromatic carbocycles. The molecule has 1 aliphatic heterocycles. The molecule has 1 aliphatic rings. The van der Waals surface area contributed by atoms with Gasteiger partial charge in [-0.1, -0.05) is 57.9 Å². The SMILES string of the molecule is CCCCCCCCCCOC(=O)C1CNCC(c2ccc(C(F)(F)F)cc2F)C1. The highest BCUT2D eigenvalue weighted by molar-refractivity contribution is 5.73. The van der Waals surface area contributed by atoms with Gasteiger partial charge in [-0.05, 0) is 30.5 Å². The van der Waals surface area contributed by atoms with Gasteiger partial charge in [0.15, 0.2) is 0 Å². The molecule has 2 atom stereocenters. The zero-order valence-electron chi connectivity index (χ0n) is 17.7. The first-order valence-corrected chi connectivity index (χ1v) is 11.1. The van der Waals surface area contributed by atoms with Crippen LogP contribution in [-0.2, 0) is 15.7 Å². The predicted molar refractivity (Wildman–Crippen MR) is 109 cm³/mol. The number of benzene rings is 1. The molecule has 0 spiro atoms. The van der Waals surface area contributed by atoms with E-state index in [0.717, 1.165) is 25.3 Å². The summed E-state index contributed by atoms with van der Waals surface area (Å²) in [5.74, 6) is -1.98. The van der Waals surface area contributed by atoms with Crippen LogP contribution in [0.3, 0.4) is 0 Å². The average molecular weight is 432 g/mol. The maximum absolute atomic E-state index is 14.3. The molecule has 0 bridgehead atoms. The standard InChI is InChI=1S/C23H33F4NO2/c1-2-3-4-5-6-7-8-9-12-30-22(29)18-13-17(15-28-16-18)20-11-10-19(14-21(20)24)23(25,26)27/h10-11,14,17-18,28H,2-9,12-13,15-16H2,1H3. The van der Waals surface area contributed by atoms with Gasteiger partial charge < -0.3 is 10.1 Å². The van der Waals surface area contributed by atoms with Gasteiger partial charge in [0.05, 0.1) is 18.1 Å². The number of hydrogen-bond acceptors (Lipinski definition) is 3. The van der Waals surface area contributed by atoms with Gasteiger partial charge in [-0.2, -0.15) is 13.2 Å². The van der Waals surface area contributed by atoms with E-state index in [4.69, 9.17) is 4.74 Å². The number of unbranched alkanes of at least 4 members (excludes halogenated alkanes) is 7. The second-order valence-electron chi connectivity index (χ2n) is 8.16. The molecule has 0 saturated carbocycles. The topological polar surface area (TPSA) is 38.3 Å². The number of esters is 1. The molecule has 30 heavy (non-hydrogen) atoms. The van der Waals surface area contributed by atoms with E-state index in [-0.39, 0.29) is 17.5 Å². The zero-order valence-corrected chi connectivity index (χ0v) is 17.7. The van der Waals surface area contributed by atoms with Crippen molar-refractivity contribution in [1.82, 2.24) is 5.32 Å². The van der Waals surface area contributed by atoms with Crippen molar-refractivity contribution < 1.29 is 27.1 Å². The third kappa shape index (κ3) is 7.89. The molecule has 0 radical (unpaired) electrons. The molecular formula is C23H33F4NO2. The maximum atomic E-state index is 14.3. The molecule has 0 aliphatic carbocycles. The van der Waals surface area contributed by atoms with E-state index in [1.165, 1.54) is 38.2 Å². The van der Waals surface area contributed by atoms with Crippen molar-refractivity contribution in [2.75, 3.05) is 19.7 Å². The predicted octanol–water partition coefficient (Wildman–Crippen LogP) is 6.22. The van der Waals surface area contributed by atoms with E-state index in [1.807, 2.05) is 0 Å². The molecular weight excluding hydrogens is 398 g/mol. The third-order valence-electron chi connectivity index (χ3n) is 5.69.